The van der Waals surface area contributed by atoms with Crippen molar-refractivity contribution in [1.82, 2.24) is 0 Å². The second-order valence-corrected chi connectivity index (χ2v) is 16.0. The minimum absolute atomic E-state index is 0.179. The Morgan fingerprint density at radius 1 is 0.491 bits per heavy atom. The second-order valence-electron chi connectivity index (χ2n) is 14.9. The van der Waals surface area contributed by atoms with Gasteiger partial charge in [-0.1, -0.05) is 147 Å². The molecule has 1 aromatic heterocycles. The molecule has 10 rings (SSSR count). The van der Waals surface area contributed by atoms with Crippen molar-refractivity contribution < 1.29 is 0 Å². The Morgan fingerprint density at radius 2 is 1.13 bits per heavy atom. The van der Waals surface area contributed by atoms with E-state index in [4.69, 9.17) is 0 Å². The van der Waals surface area contributed by atoms with E-state index in [1.165, 1.54) is 75.6 Å². The van der Waals surface area contributed by atoms with Gasteiger partial charge in [0.2, 0.25) is 0 Å². The lowest BCUT2D eigenvalue weighted by molar-refractivity contribution is 0.646. The summed E-state index contributed by atoms with van der Waals surface area (Å²) in [7, 11) is 0. The minimum atomic E-state index is -0.179. The summed E-state index contributed by atoms with van der Waals surface area (Å²) in [6.07, 6.45) is 0.972. The van der Waals surface area contributed by atoms with Crippen LogP contribution in [0.1, 0.15) is 47.6 Å². The molecule has 0 saturated carbocycles. The Morgan fingerprint density at radius 3 is 1.83 bits per heavy atom. The van der Waals surface area contributed by atoms with Gasteiger partial charge in [-0.05, 0) is 99.3 Å². The normalized spacial score (nSPS) is 13.6. The summed E-state index contributed by atoms with van der Waals surface area (Å²) in [5.74, 6) is 0.285. The van der Waals surface area contributed by atoms with Gasteiger partial charge in [-0.3, -0.25) is 0 Å². The van der Waals surface area contributed by atoms with Crippen molar-refractivity contribution in [2.24, 2.45) is 0 Å². The topological polar surface area (TPSA) is 3.24 Å². The van der Waals surface area contributed by atoms with Crippen LogP contribution >= 0.6 is 11.3 Å². The van der Waals surface area contributed by atoms with Gasteiger partial charge in [0.25, 0.3) is 0 Å². The molecule has 53 heavy (non-hydrogen) atoms. The maximum absolute atomic E-state index is 2.51. The summed E-state index contributed by atoms with van der Waals surface area (Å²) >= 11 is 1.93. The standard InChI is InChI=1S/C51H39NS/c1-51(2)45-25-15-24-41-47(52(37-20-11-5-12-21-37)38-22-13-6-14-23-38)29-28-40(50(41)45)43-33-49-44(32-46(43)51)39-27-26-36(31-48(39)53-49)42(35-18-9-4-10-19-35)30-34-16-7-3-8-17-34/h3-29,31-33,42H,30H2,1-2H3. The molecule has 1 atom stereocenters. The summed E-state index contributed by atoms with van der Waals surface area (Å²) in [5, 5.41) is 5.33. The van der Waals surface area contributed by atoms with Crippen LogP contribution in [0.5, 0.6) is 0 Å². The zero-order valence-corrected chi connectivity index (χ0v) is 30.8. The number of nitrogens with zero attached hydrogens (tertiary/aromatic N) is 1. The fraction of sp³-hybridized carbons (Fsp3) is 0.0980. The van der Waals surface area contributed by atoms with Crippen molar-refractivity contribution in [2.75, 3.05) is 4.90 Å². The molecule has 1 heterocycles. The highest BCUT2D eigenvalue weighted by molar-refractivity contribution is 7.25. The Labute approximate surface area is 315 Å². The lowest BCUT2D eigenvalue weighted by atomic mass is 9.68. The minimum Gasteiger partial charge on any atom is -0.310 e. The van der Waals surface area contributed by atoms with E-state index in [2.05, 4.69) is 201 Å². The van der Waals surface area contributed by atoms with Crippen LogP contribution in [0.3, 0.4) is 0 Å². The molecule has 254 valence electrons. The summed E-state index contributed by atoms with van der Waals surface area (Å²) in [5.41, 5.74) is 12.9. The number of hydrogen-bond acceptors (Lipinski definition) is 2. The van der Waals surface area contributed by atoms with Crippen LogP contribution in [0.4, 0.5) is 17.1 Å². The zero-order valence-electron chi connectivity index (χ0n) is 30.0. The first-order valence-corrected chi connectivity index (χ1v) is 19.4. The van der Waals surface area contributed by atoms with E-state index in [-0.39, 0.29) is 11.3 Å². The highest BCUT2D eigenvalue weighted by atomic mass is 32.1. The molecule has 0 radical (unpaired) electrons. The van der Waals surface area contributed by atoms with Gasteiger partial charge in [-0.2, -0.15) is 0 Å². The van der Waals surface area contributed by atoms with E-state index >= 15 is 0 Å². The Kier molecular flexibility index (Phi) is 7.56. The molecule has 1 nitrogen and oxygen atoms in total. The van der Waals surface area contributed by atoms with Gasteiger partial charge in [0, 0.05) is 48.3 Å². The molecule has 0 fully saturated rings. The van der Waals surface area contributed by atoms with Crippen LogP contribution in [0, 0.1) is 0 Å². The molecule has 1 unspecified atom stereocenters. The summed E-state index contributed by atoms with van der Waals surface area (Å²) < 4.78 is 2.70. The van der Waals surface area contributed by atoms with E-state index in [1.54, 1.807) is 0 Å². The van der Waals surface area contributed by atoms with Crippen LogP contribution in [0.25, 0.3) is 42.1 Å². The van der Waals surface area contributed by atoms with Crippen molar-refractivity contribution in [2.45, 2.75) is 31.6 Å². The average molecular weight is 698 g/mol. The number of thiophene rings is 1. The monoisotopic (exact) mass is 697 g/mol. The van der Waals surface area contributed by atoms with Crippen LogP contribution in [0.2, 0.25) is 0 Å². The van der Waals surface area contributed by atoms with Crippen LogP contribution in [0.15, 0.2) is 182 Å². The fourth-order valence-corrected chi connectivity index (χ4v) is 9.99. The Balaban J connectivity index is 1.14. The third-order valence-electron chi connectivity index (χ3n) is 11.4. The second kappa shape index (κ2) is 12.6. The van der Waals surface area contributed by atoms with Gasteiger partial charge in [-0.25, -0.2) is 0 Å². The molecule has 0 amide bonds. The molecule has 0 N–H and O–H groups in total. The van der Waals surface area contributed by atoms with Gasteiger partial charge in [0.1, 0.15) is 0 Å². The number of fused-ring (bicyclic) bond motifs is 5. The molecule has 1 aliphatic rings. The van der Waals surface area contributed by atoms with Crippen molar-refractivity contribution in [3.63, 3.8) is 0 Å². The van der Waals surface area contributed by atoms with Crippen LogP contribution in [-0.2, 0) is 11.8 Å². The van der Waals surface area contributed by atoms with E-state index in [9.17, 15) is 0 Å². The van der Waals surface area contributed by atoms with E-state index in [0.29, 0.717) is 0 Å². The predicted octanol–water partition coefficient (Wildman–Crippen LogP) is 14.4. The number of anilines is 3. The van der Waals surface area contributed by atoms with E-state index < -0.39 is 0 Å². The first kappa shape index (κ1) is 31.7. The molecule has 1 aliphatic carbocycles. The zero-order chi connectivity index (χ0) is 35.5. The summed E-state index contributed by atoms with van der Waals surface area (Å²) in [6.45, 7) is 4.82. The molecule has 0 aliphatic heterocycles. The highest BCUT2D eigenvalue weighted by Crippen LogP contribution is 2.53. The maximum Gasteiger partial charge on any atom is 0.0540 e. The Bertz CT molecular complexity index is 2730. The quantitative estimate of drug-likeness (QED) is 0.160. The number of para-hydroxylation sites is 2. The molecule has 0 bridgehead atoms. The first-order valence-electron chi connectivity index (χ1n) is 18.6. The number of hydrogen-bond donors (Lipinski definition) is 0. The largest absolute Gasteiger partial charge is 0.310 e. The summed E-state index contributed by atoms with van der Waals surface area (Å²) in [4.78, 5) is 2.40. The molecule has 9 aromatic rings. The Hall–Kier alpha value is -5.96. The molecular weight excluding hydrogens is 659 g/mol. The average Bonchev–Trinajstić information content (AvgIpc) is 3.57. The van der Waals surface area contributed by atoms with Crippen LogP contribution in [-0.4, -0.2) is 0 Å². The number of benzene rings is 8. The third kappa shape index (κ3) is 5.28. The van der Waals surface area contributed by atoms with Gasteiger partial charge in [0.15, 0.2) is 0 Å². The molecule has 0 saturated heterocycles. The SMILES string of the molecule is CC1(C)c2cc3c(cc2-c2ccc(N(c4ccccc4)c4ccccc4)c4cccc1c24)sc1cc(C(Cc2ccccc2)c2ccccc2)ccc13. The van der Waals surface area contributed by atoms with Crippen molar-refractivity contribution in [3.8, 4) is 11.1 Å². The lowest BCUT2D eigenvalue weighted by Crippen LogP contribution is -2.24. The maximum atomic E-state index is 2.51. The van der Waals surface area contributed by atoms with Gasteiger partial charge in [-0.15, -0.1) is 11.3 Å². The highest BCUT2D eigenvalue weighted by Gasteiger charge is 2.35. The predicted molar refractivity (Wildman–Crippen MR) is 228 cm³/mol. The molecular formula is C51H39NS. The van der Waals surface area contributed by atoms with E-state index in [0.717, 1.165) is 17.8 Å². The van der Waals surface area contributed by atoms with E-state index in [1.807, 2.05) is 11.3 Å². The molecule has 2 heteroatoms. The van der Waals surface area contributed by atoms with Gasteiger partial charge in [0.05, 0.1) is 5.69 Å². The smallest absolute Gasteiger partial charge is 0.0540 e. The summed E-state index contributed by atoms with van der Waals surface area (Å²) in [6, 6.07) is 67.3. The first-order chi connectivity index (χ1) is 26.0. The lowest BCUT2D eigenvalue weighted by Gasteiger charge is -2.36. The molecule has 0 spiro atoms. The van der Waals surface area contributed by atoms with Crippen molar-refractivity contribution in [3.05, 3.63) is 210 Å². The van der Waals surface area contributed by atoms with Gasteiger partial charge >= 0.3 is 0 Å². The van der Waals surface area contributed by atoms with Crippen LogP contribution < -0.4 is 4.90 Å². The van der Waals surface area contributed by atoms with Gasteiger partial charge < -0.3 is 4.90 Å². The van der Waals surface area contributed by atoms with Crippen molar-refractivity contribution in [1.29, 1.82) is 0 Å². The fourth-order valence-electron chi connectivity index (χ4n) is 8.82. The molecule has 8 aromatic carbocycles. The number of rotatable bonds is 7. The third-order valence-corrected chi connectivity index (χ3v) is 12.6. The van der Waals surface area contributed by atoms with Crippen molar-refractivity contribution >= 4 is 59.3 Å².